The number of hydrogen-bond acceptors (Lipinski definition) is 1. The summed E-state index contributed by atoms with van der Waals surface area (Å²) in [6.07, 6.45) is 5.87. The predicted molar refractivity (Wildman–Crippen MR) is 91.8 cm³/mol. The molecule has 0 aromatic heterocycles. The van der Waals surface area contributed by atoms with Gasteiger partial charge in [-0.15, -0.1) is 0 Å². The van der Waals surface area contributed by atoms with E-state index in [4.69, 9.17) is 0 Å². The lowest BCUT2D eigenvalue weighted by atomic mass is 9.98. The zero-order chi connectivity index (χ0) is 14.9. The Morgan fingerprint density at radius 2 is 1.52 bits per heavy atom. The van der Waals surface area contributed by atoms with E-state index < -0.39 is 0 Å². The van der Waals surface area contributed by atoms with Gasteiger partial charge in [0.25, 0.3) is 0 Å². The molecule has 2 aromatic carbocycles. The molecule has 2 rings (SSSR count). The molecule has 0 fully saturated rings. The van der Waals surface area contributed by atoms with Crippen LogP contribution in [-0.4, -0.2) is 13.1 Å². The Labute approximate surface area is 129 Å². The molecule has 0 saturated carbocycles. The zero-order valence-corrected chi connectivity index (χ0v) is 13.3. The highest BCUT2D eigenvalue weighted by atomic mass is 14.9. The molecule has 0 heterocycles. The van der Waals surface area contributed by atoms with Crippen molar-refractivity contribution in [2.24, 2.45) is 0 Å². The van der Waals surface area contributed by atoms with E-state index in [9.17, 15) is 0 Å². The van der Waals surface area contributed by atoms with E-state index in [1.165, 1.54) is 36.0 Å². The van der Waals surface area contributed by atoms with E-state index in [1.807, 2.05) is 0 Å². The van der Waals surface area contributed by atoms with E-state index in [-0.39, 0.29) is 0 Å². The van der Waals surface area contributed by atoms with Crippen molar-refractivity contribution in [3.63, 3.8) is 0 Å². The fourth-order valence-corrected chi connectivity index (χ4v) is 2.74. The van der Waals surface area contributed by atoms with Crippen LogP contribution < -0.4 is 5.32 Å². The van der Waals surface area contributed by atoms with E-state index in [1.54, 1.807) is 0 Å². The molecule has 0 saturated heterocycles. The highest BCUT2D eigenvalue weighted by Crippen LogP contribution is 2.12. The molecular weight excluding hydrogens is 254 g/mol. The fraction of sp³-hybridized carbons (Fsp3) is 0.400. The highest BCUT2D eigenvalue weighted by Gasteiger charge is 2.07. The minimum atomic E-state index is 0.571. The Morgan fingerprint density at radius 1 is 0.857 bits per heavy atom. The summed E-state index contributed by atoms with van der Waals surface area (Å²) in [6.45, 7) is 2.20. The average Bonchev–Trinajstić information content (AvgIpc) is 2.55. The molecule has 1 nitrogen and oxygen atoms in total. The molecule has 1 unspecified atom stereocenters. The van der Waals surface area contributed by atoms with Crippen molar-refractivity contribution in [3.05, 3.63) is 71.3 Å². The fourth-order valence-electron chi connectivity index (χ4n) is 2.74. The number of benzene rings is 2. The summed E-state index contributed by atoms with van der Waals surface area (Å²) < 4.78 is 0. The molecule has 112 valence electrons. The Balaban J connectivity index is 1.79. The van der Waals surface area contributed by atoms with E-state index in [0.29, 0.717) is 6.04 Å². The maximum absolute atomic E-state index is 3.47. The lowest BCUT2D eigenvalue weighted by Crippen LogP contribution is -2.27. The summed E-state index contributed by atoms with van der Waals surface area (Å²) >= 11 is 0. The first-order chi connectivity index (χ1) is 10.3. The van der Waals surface area contributed by atoms with Gasteiger partial charge in [0.1, 0.15) is 0 Å². The largest absolute Gasteiger partial charge is 0.317 e. The molecule has 1 N–H and O–H groups in total. The van der Waals surface area contributed by atoms with Gasteiger partial charge in [0, 0.05) is 6.04 Å². The molecule has 21 heavy (non-hydrogen) atoms. The van der Waals surface area contributed by atoms with Crippen molar-refractivity contribution in [2.45, 2.75) is 45.1 Å². The number of likely N-dealkylation sites (N-methyl/N-ethyl adjacent to an activating group) is 1. The van der Waals surface area contributed by atoms with Crippen molar-refractivity contribution in [1.82, 2.24) is 5.32 Å². The molecule has 0 spiro atoms. The average molecular weight is 281 g/mol. The first-order valence-electron chi connectivity index (χ1n) is 8.10. The summed E-state index contributed by atoms with van der Waals surface area (Å²) in [6, 6.07) is 20.4. The summed E-state index contributed by atoms with van der Waals surface area (Å²) in [5.41, 5.74) is 4.30. The smallest absolute Gasteiger partial charge is 0.0105 e. The molecule has 0 aliphatic carbocycles. The third kappa shape index (κ3) is 5.35. The van der Waals surface area contributed by atoms with Crippen molar-refractivity contribution < 1.29 is 0 Å². The van der Waals surface area contributed by atoms with Crippen LogP contribution in [0, 0.1) is 0 Å². The molecule has 0 bridgehead atoms. The Bertz CT molecular complexity index is 501. The molecule has 2 aromatic rings. The second-order valence-corrected chi connectivity index (χ2v) is 5.74. The van der Waals surface area contributed by atoms with Crippen LogP contribution >= 0.6 is 0 Å². The molecule has 0 aliphatic rings. The maximum Gasteiger partial charge on any atom is 0.0105 e. The van der Waals surface area contributed by atoms with Crippen LogP contribution in [0.15, 0.2) is 54.6 Å². The normalized spacial score (nSPS) is 12.3. The van der Waals surface area contributed by atoms with E-state index in [2.05, 4.69) is 73.9 Å². The predicted octanol–water partition coefficient (Wildman–Crippen LogP) is 4.40. The van der Waals surface area contributed by atoms with Crippen molar-refractivity contribution >= 4 is 0 Å². The zero-order valence-electron chi connectivity index (χ0n) is 13.3. The number of hydrogen-bond donors (Lipinski definition) is 1. The number of aryl methyl sites for hydroxylation is 2. The molecule has 1 atom stereocenters. The Kier molecular flexibility index (Phi) is 6.49. The van der Waals surface area contributed by atoms with E-state index >= 15 is 0 Å². The minimum Gasteiger partial charge on any atom is -0.317 e. The van der Waals surface area contributed by atoms with Crippen LogP contribution in [0.5, 0.6) is 0 Å². The van der Waals surface area contributed by atoms with Gasteiger partial charge >= 0.3 is 0 Å². The quantitative estimate of drug-likeness (QED) is 0.756. The first-order valence-corrected chi connectivity index (χ1v) is 8.10. The number of nitrogens with one attached hydrogen (secondary N) is 1. The molecule has 0 radical (unpaired) electrons. The van der Waals surface area contributed by atoms with Gasteiger partial charge in [-0.3, -0.25) is 0 Å². The molecule has 1 heteroatoms. The van der Waals surface area contributed by atoms with Crippen LogP contribution in [0.3, 0.4) is 0 Å². The second-order valence-electron chi connectivity index (χ2n) is 5.74. The lowest BCUT2D eigenvalue weighted by molar-refractivity contribution is 0.502. The van der Waals surface area contributed by atoms with Crippen LogP contribution in [-0.2, 0) is 19.3 Å². The third-order valence-electron chi connectivity index (χ3n) is 4.18. The first kappa shape index (κ1) is 15.8. The van der Waals surface area contributed by atoms with Crippen LogP contribution in [0.4, 0.5) is 0 Å². The van der Waals surface area contributed by atoms with Gasteiger partial charge in [-0.25, -0.2) is 0 Å². The van der Waals surface area contributed by atoms with Gasteiger partial charge in [0.15, 0.2) is 0 Å². The summed E-state index contributed by atoms with van der Waals surface area (Å²) in [7, 11) is 2.08. The maximum atomic E-state index is 3.47. The van der Waals surface area contributed by atoms with Crippen LogP contribution in [0.1, 0.15) is 36.5 Å². The minimum absolute atomic E-state index is 0.571. The van der Waals surface area contributed by atoms with Gasteiger partial charge in [-0.2, -0.15) is 0 Å². The lowest BCUT2D eigenvalue weighted by Gasteiger charge is -2.16. The third-order valence-corrected chi connectivity index (χ3v) is 4.18. The number of rotatable bonds is 8. The topological polar surface area (TPSA) is 12.0 Å². The van der Waals surface area contributed by atoms with Gasteiger partial charge in [0.05, 0.1) is 0 Å². The van der Waals surface area contributed by atoms with Crippen LogP contribution in [0.2, 0.25) is 0 Å². The Hall–Kier alpha value is -1.60. The van der Waals surface area contributed by atoms with Gasteiger partial charge < -0.3 is 5.32 Å². The van der Waals surface area contributed by atoms with Crippen LogP contribution in [0.25, 0.3) is 0 Å². The summed E-state index contributed by atoms with van der Waals surface area (Å²) in [4.78, 5) is 0. The summed E-state index contributed by atoms with van der Waals surface area (Å²) in [5, 5.41) is 3.47. The molecule has 0 amide bonds. The highest BCUT2D eigenvalue weighted by molar-refractivity contribution is 5.23. The van der Waals surface area contributed by atoms with Gasteiger partial charge in [-0.05, 0) is 55.8 Å². The SMILES string of the molecule is CCc1ccc(CC(CCCc2ccccc2)NC)cc1. The second kappa shape index (κ2) is 8.63. The van der Waals surface area contributed by atoms with Gasteiger partial charge in [0.2, 0.25) is 0 Å². The van der Waals surface area contributed by atoms with Crippen molar-refractivity contribution in [2.75, 3.05) is 7.05 Å². The van der Waals surface area contributed by atoms with Gasteiger partial charge in [-0.1, -0.05) is 61.5 Å². The monoisotopic (exact) mass is 281 g/mol. The van der Waals surface area contributed by atoms with E-state index in [0.717, 1.165) is 12.8 Å². The van der Waals surface area contributed by atoms with Crippen molar-refractivity contribution in [1.29, 1.82) is 0 Å². The molecule has 0 aliphatic heterocycles. The molecular formula is C20H27N. The standard InChI is InChI=1S/C20H27N/c1-3-17-12-14-19(15-13-17)16-20(21-2)11-7-10-18-8-5-4-6-9-18/h4-6,8-9,12-15,20-21H,3,7,10-11,16H2,1-2H3. The Morgan fingerprint density at radius 3 is 2.14 bits per heavy atom. The van der Waals surface area contributed by atoms with Crippen molar-refractivity contribution in [3.8, 4) is 0 Å². The summed E-state index contributed by atoms with van der Waals surface area (Å²) in [5.74, 6) is 0.